The second-order valence-electron chi connectivity index (χ2n) is 6.21. The molecule has 4 rings (SSSR count). The van der Waals surface area contributed by atoms with Gasteiger partial charge in [-0.1, -0.05) is 18.2 Å². The first-order valence-electron chi connectivity index (χ1n) is 8.58. The van der Waals surface area contributed by atoms with Crippen LogP contribution in [0.3, 0.4) is 0 Å². The molecule has 1 amide bonds. The van der Waals surface area contributed by atoms with Crippen LogP contribution in [0.1, 0.15) is 27.6 Å². The number of amides is 1. The van der Waals surface area contributed by atoms with Crippen molar-refractivity contribution >= 4 is 16.9 Å². The van der Waals surface area contributed by atoms with E-state index in [4.69, 9.17) is 0 Å². The second-order valence-corrected chi connectivity index (χ2v) is 6.21. The number of nitrogens with one attached hydrogen (secondary N) is 1. The Bertz CT molecular complexity index is 1110. The van der Waals surface area contributed by atoms with Crippen molar-refractivity contribution in [1.29, 1.82) is 0 Å². The van der Waals surface area contributed by atoms with Crippen LogP contribution < -0.4 is 5.32 Å². The summed E-state index contributed by atoms with van der Waals surface area (Å²) in [4.78, 5) is 29.8. The fraction of sp³-hybridized carbons (Fsp3) is 0.150. The zero-order valence-electron chi connectivity index (χ0n) is 15.0. The first kappa shape index (κ1) is 16.8. The van der Waals surface area contributed by atoms with Gasteiger partial charge < -0.3 is 5.32 Å². The van der Waals surface area contributed by atoms with Crippen molar-refractivity contribution < 1.29 is 4.79 Å². The van der Waals surface area contributed by atoms with Crippen LogP contribution in [0.15, 0.2) is 55.0 Å². The fourth-order valence-electron chi connectivity index (χ4n) is 3.01. The number of aryl methyl sites for hydroxylation is 2. The third-order valence-corrected chi connectivity index (χ3v) is 4.19. The number of para-hydroxylation sites is 2. The molecule has 3 aromatic heterocycles. The molecule has 0 atom stereocenters. The third kappa shape index (κ3) is 3.39. The molecule has 4 aromatic rings. The summed E-state index contributed by atoms with van der Waals surface area (Å²) in [6.07, 6.45) is 3.47. The number of pyridine rings is 1. The summed E-state index contributed by atoms with van der Waals surface area (Å²) in [6, 6.07) is 13.3. The van der Waals surface area contributed by atoms with Crippen LogP contribution in [0.25, 0.3) is 16.9 Å². The SMILES string of the molecule is Cc1cc(C(=O)NCc2cccnc2-n2cnc3ccccc32)nc(C)n1. The van der Waals surface area contributed by atoms with Crippen molar-refractivity contribution in [3.8, 4) is 5.82 Å². The molecule has 0 aliphatic rings. The van der Waals surface area contributed by atoms with Crippen molar-refractivity contribution in [3.63, 3.8) is 0 Å². The largest absolute Gasteiger partial charge is 0.346 e. The maximum atomic E-state index is 12.5. The number of fused-ring (bicyclic) bond motifs is 1. The Balaban J connectivity index is 1.61. The molecule has 1 aromatic carbocycles. The maximum absolute atomic E-state index is 12.5. The summed E-state index contributed by atoms with van der Waals surface area (Å²) < 4.78 is 1.93. The predicted molar refractivity (Wildman–Crippen MR) is 102 cm³/mol. The Labute approximate surface area is 156 Å². The molecule has 0 fully saturated rings. The van der Waals surface area contributed by atoms with E-state index < -0.39 is 0 Å². The van der Waals surface area contributed by atoms with Gasteiger partial charge in [-0.15, -0.1) is 0 Å². The van der Waals surface area contributed by atoms with Gasteiger partial charge in [0.25, 0.3) is 5.91 Å². The Hall–Kier alpha value is -3.61. The van der Waals surface area contributed by atoms with Gasteiger partial charge in [-0.05, 0) is 38.1 Å². The molecule has 134 valence electrons. The monoisotopic (exact) mass is 358 g/mol. The van der Waals surface area contributed by atoms with Gasteiger partial charge in [0.05, 0.1) is 11.0 Å². The van der Waals surface area contributed by atoms with Crippen LogP contribution in [0.2, 0.25) is 0 Å². The van der Waals surface area contributed by atoms with Gasteiger partial charge in [0, 0.05) is 24.0 Å². The van der Waals surface area contributed by atoms with E-state index in [1.165, 1.54) is 0 Å². The highest BCUT2D eigenvalue weighted by molar-refractivity contribution is 5.92. The van der Waals surface area contributed by atoms with E-state index in [9.17, 15) is 4.79 Å². The van der Waals surface area contributed by atoms with Crippen LogP contribution >= 0.6 is 0 Å². The molecular weight excluding hydrogens is 340 g/mol. The van der Waals surface area contributed by atoms with Crippen LogP contribution in [0, 0.1) is 13.8 Å². The molecule has 0 aliphatic heterocycles. The molecule has 0 radical (unpaired) electrons. The van der Waals surface area contributed by atoms with Gasteiger partial charge in [-0.2, -0.15) is 0 Å². The normalized spacial score (nSPS) is 10.9. The number of hydrogen-bond donors (Lipinski definition) is 1. The van der Waals surface area contributed by atoms with Gasteiger partial charge >= 0.3 is 0 Å². The lowest BCUT2D eigenvalue weighted by Gasteiger charge is -2.11. The third-order valence-electron chi connectivity index (χ3n) is 4.19. The maximum Gasteiger partial charge on any atom is 0.270 e. The first-order chi connectivity index (χ1) is 13.1. The molecule has 27 heavy (non-hydrogen) atoms. The number of benzene rings is 1. The van der Waals surface area contributed by atoms with Gasteiger partial charge in [-0.3, -0.25) is 9.36 Å². The molecule has 0 unspecified atom stereocenters. The highest BCUT2D eigenvalue weighted by atomic mass is 16.1. The summed E-state index contributed by atoms with van der Waals surface area (Å²) in [5, 5.41) is 2.92. The van der Waals surface area contributed by atoms with Crippen molar-refractivity contribution in [2.45, 2.75) is 20.4 Å². The van der Waals surface area contributed by atoms with E-state index in [1.54, 1.807) is 25.5 Å². The van der Waals surface area contributed by atoms with E-state index in [2.05, 4.69) is 25.3 Å². The minimum absolute atomic E-state index is 0.242. The highest BCUT2D eigenvalue weighted by Gasteiger charge is 2.13. The highest BCUT2D eigenvalue weighted by Crippen LogP contribution is 2.19. The number of rotatable bonds is 4. The zero-order valence-corrected chi connectivity index (χ0v) is 15.0. The molecule has 7 nitrogen and oxygen atoms in total. The Morgan fingerprint density at radius 2 is 1.93 bits per heavy atom. The number of carbonyl (C=O) groups is 1. The summed E-state index contributed by atoms with van der Waals surface area (Å²) in [6.45, 7) is 3.94. The predicted octanol–water partition coefficient (Wildman–Crippen LogP) is 2.76. The molecule has 0 saturated carbocycles. The van der Waals surface area contributed by atoms with Crippen molar-refractivity contribution in [3.05, 3.63) is 77.8 Å². The van der Waals surface area contributed by atoms with Gasteiger partial charge in [-0.25, -0.2) is 19.9 Å². The molecular formula is C20H18N6O. The quantitative estimate of drug-likeness (QED) is 0.606. The second kappa shape index (κ2) is 6.95. The average molecular weight is 358 g/mol. The average Bonchev–Trinajstić information content (AvgIpc) is 3.09. The number of nitrogens with zero attached hydrogens (tertiary/aromatic N) is 5. The smallest absolute Gasteiger partial charge is 0.270 e. The molecule has 0 bridgehead atoms. The van der Waals surface area contributed by atoms with Gasteiger partial charge in [0.1, 0.15) is 23.7 Å². The molecule has 3 heterocycles. The topological polar surface area (TPSA) is 85.6 Å². The minimum atomic E-state index is -0.242. The molecule has 7 heteroatoms. The number of carbonyl (C=O) groups excluding carboxylic acids is 1. The van der Waals surface area contributed by atoms with E-state index in [1.807, 2.05) is 47.9 Å². The Kier molecular flexibility index (Phi) is 4.33. The van der Waals surface area contributed by atoms with Crippen LogP contribution in [-0.4, -0.2) is 30.4 Å². The molecule has 1 N–H and O–H groups in total. The standard InChI is InChI=1S/C20H18N6O/c1-13-10-17(25-14(2)24-13)20(27)22-11-15-6-5-9-21-19(15)26-12-23-16-7-3-4-8-18(16)26/h3-10,12H,11H2,1-2H3,(H,22,27). The lowest BCUT2D eigenvalue weighted by Crippen LogP contribution is -2.25. The Morgan fingerprint density at radius 3 is 2.78 bits per heavy atom. The van der Waals surface area contributed by atoms with Gasteiger partial charge in [0.15, 0.2) is 0 Å². The van der Waals surface area contributed by atoms with Crippen LogP contribution in [-0.2, 0) is 6.54 Å². The molecule has 0 saturated heterocycles. The number of imidazole rings is 1. The van der Waals surface area contributed by atoms with Crippen molar-refractivity contribution in [1.82, 2.24) is 29.8 Å². The van der Waals surface area contributed by atoms with E-state index in [0.29, 0.717) is 18.1 Å². The zero-order chi connectivity index (χ0) is 18.8. The van der Waals surface area contributed by atoms with Crippen molar-refractivity contribution in [2.75, 3.05) is 0 Å². The molecule has 0 aliphatic carbocycles. The lowest BCUT2D eigenvalue weighted by molar-refractivity contribution is 0.0945. The minimum Gasteiger partial charge on any atom is -0.346 e. The Morgan fingerprint density at radius 1 is 1.07 bits per heavy atom. The number of hydrogen-bond acceptors (Lipinski definition) is 5. The van der Waals surface area contributed by atoms with E-state index in [0.717, 1.165) is 28.1 Å². The molecule has 0 spiro atoms. The van der Waals surface area contributed by atoms with E-state index >= 15 is 0 Å². The van der Waals surface area contributed by atoms with Gasteiger partial charge in [0.2, 0.25) is 0 Å². The first-order valence-corrected chi connectivity index (χ1v) is 8.58. The summed E-state index contributed by atoms with van der Waals surface area (Å²) in [5.74, 6) is 1.07. The summed E-state index contributed by atoms with van der Waals surface area (Å²) >= 11 is 0. The van der Waals surface area contributed by atoms with Crippen LogP contribution in [0.5, 0.6) is 0 Å². The summed E-state index contributed by atoms with van der Waals surface area (Å²) in [7, 11) is 0. The fourth-order valence-corrected chi connectivity index (χ4v) is 3.01. The number of aromatic nitrogens is 5. The van der Waals surface area contributed by atoms with Crippen LogP contribution in [0.4, 0.5) is 0 Å². The lowest BCUT2D eigenvalue weighted by atomic mass is 10.2. The van der Waals surface area contributed by atoms with Crippen molar-refractivity contribution in [2.24, 2.45) is 0 Å². The van der Waals surface area contributed by atoms with E-state index in [-0.39, 0.29) is 5.91 Å². The summed E-state index contributed by atoms with van der Waals surface area (Å²) in [5.41, 5.74) is 3.87.